The third kappa shape index (κ3) is 5.68. The molecule has 0 bridgehead atoms. The Labute approximate surface area is 227 Å². The van der Waals surface area contributed by atoms with Gasteiger partial charge in [0.2, 0.25) is 5.75 Å². The molecule has 2 aromatic carbocycles. The standard InChI is InChI=1S/C26H25ClN4O6S/c1-26(2,3)15-4-9-19-21(11-15)38-25(22(19)24(33)29-17-7-5-16(27)6-8-17)28-13-14-10-18(30(34)35)12-20(23(14)32)31(36)37/h5-8,10,12-13,15,32H,4,9,11H2,1-3H3,(H,29,33)/t15-/m1/s1. The number of carbonyl (C=O) groups excluding carboxylic acids is 1. The zero-order valence-electron chi connectivity index (χ0n) is 20.9. The lowest BCUT2D eigenvalue weighted by Crippen LogP contribution is -2.27. The minimum absolute atomic E-state index is 0.0739. The van der Waals surface area contributed by atoms with E-state index in [1.54, 1.807) is 24.3 Å². The lowest BCUT2D eigenvalue weighted by Gasteiger charge is -2.33. The van der Waals surface area contributed by atoms with Gasteiger partial charge in [-0.1, -0.05) is 32.4 Å². The number of nitrogens with one attached hydrogen (secondary N) is 1. The number of nitrogens with zero attached hydrogens (tertiary/aromatic N) is 3. The zero-order valence-corrected chi connectivity index (χ0v) is 22.4. The molecular formula is C26H25ClN4O6S. The van der Waals surface area contributed by atoms with Crippen LogP contribution in [0.5, 0.6) is 5.75 Å². The van der Waals surface area contributed by atoms with Crippen LogP contribution in [0.1, 0.15) is 53.6 Å². The normalized spacial score (nSPS) is 15.3. The van der Waals surface area contributed by atoms with Gasteiger partial charge in [-0.25, -0.2) is 4.99 Å². The number of thiophene rings is 1. The molecule has 12 heteroatoms. The number of carbonyl (C=O) groups is 1. The number of anilines is 1. The Hall–Kier alpha value is -3.83. The Morgan fingerprint density at radius 2 is 1.87 bits per heavy atom. The van der Waals surface area contributed by atoms with Gasteiger partial charge in [0.05, 0.1) is 21.5 Å². The average molecular weight is 557 g/mol. The number of halogens is 1. The number of amides is 1. The highest BCUT2D eigenvalue weighted by Crippen LogP contribution is 2.45. The van der Waals surface area contributed by atoms with Crippen molar-refractivity contribution < 1.29 is 19.7 Å². The van der Waals surface area contributed by atoms with E-state index in [-0.39, 0.29) is 16.9 Å². The quantitative estimate of drug-likeness (QED) is 0.188. The maximum absolute atomic E-state index is 13.5. The molecule has 0 unspecified atom stereocenters. The van der Waals surface area contributed by atoms with Gasteiger partial charge in [-0.3, -0.25) is 25.0 Å². The van der Waals surface area contributed by atoms with Crippen molar-refractivity contribution in [2.75, 3.05) is 5.32 Å². The summed E-state index contributed by atoms with van der Waals surface area (Å²) in [6.07, 6.45) is 3.47. The van der Waals surface area contributed by atoms with Gasteiger partial charge in [-0.2, -0.15) is 0 Å². The topological polar surface area (TPSA) is 148 Å². The largest absolute Gasteiger partial charge is 0.502 e. The van der Waals surface area contributed by atoms with Crippen LogP contribution < -0.4 is 5.32 Å². The fourth-order valence-electron chi connectivity index (χ4n) is 4.46. The van der Waals surface area contributed by atoms with Gasteiger partial charge in [0, 0.05) is 33.4 Å². The highest BCUT2D eigenvalue weighted by molar-refractivity contribution is 7.16. The van der Waals surface area contributed by atoms with Crippen LogP contribution in [-0.4, -0.2) is 27.1 Å². The molecule has 1 heterocycles. The molecule has 0 spiro atoms. The number of benzene rings is 2. The van der Waals surface area contributed by atoms with Crippen LogP contribution in [0.2, 0.25) is 5.02 Å². The molecule has 0 saturated heterocycles. The van der Waals surface area contributed by atoms with Gasteiger partial charge in [-0.15, -0.1) is 11.3 Å². The highest BCUT2D eigenvalue weighted by atomic mass is 35.5. The first-order valence-corrected chi connectivity index (χ1v) is 13.0. The summed E-state index contributed by atoms with van der Waals surface area (Å²) in [5.41, 5.74) is 0.324. The van der Waals surface area contributed by atoms with Gasteiger partial charge in [-0.05, 0) is 60.4 Å². The van der Waals surface area contributed by atoms with E-state index in [0.29, 0.717) is 39.7 Å². The van der Waals surface area contributed by atoms with Gasteiger partial charge >= 0.3 is 5.69 Å². The number of aliphatic imine (C=N–C) groups is 1. The average Bonchev–Trinajstić information content (AvgIpc) is 3.21. The zero-order chi connectivity index (χ0) is 27.8. The predicted molar refractivity (Wildman–Crippen MR) is 147 cm³/mol. The van der Waals surface area contributed by atoms with E-state index >= 15 is 0 Å². The Morgan fingerprint density at radius 1 is 1.18 bits per heavy atom. The number of phenolic OH excluding ortho intramolecular Hbond substituents is 1. The second-order valence-electron chi connectivity index (χ2n) is 10.1. The molecule has 10 nitrogen and oxygen atoms in total. The van der Waals surface area contributed by atoms with E-state index in [1.807, 2.05) is 0 Å². The van der Waals surface area contributed by atoms with Gasteiger partial charge in [0.25, 0.3) is 11.6 Å². The van der Waals surface area contributed by atoms with Crippen molar-refractivity contribution in [3.8, 4) is 5.75 Å². The Balaban J connectivity index is 1.78. The Kier molecular flexibility index (Phi) is 7.52. The fourth-order valence-corrected chi connectivity index (χ4v) is 5.85. The lowest BCUT2D eigenvalue weighted by atomic mass is 9.72. The Morgan fingerprint density at radius 3 is 2.47 bits per heavy atom. The van der Waals surface area contributed by atoms with E-state index in [4.69, 9.17) is 11.6 Å². The first kappa shape index (κ1) is 27.2. The van der Waals surface area contributed by atoms with E-state index in [1.165, 1.54) is 11.3 Å². The summed E-state index contributed by atoms with van der Waals surface area (Å²) in [6, 6.07) is 8.36. The summed E-state index contributed by atoms with van der Waals surface area (Å²) in [4.78, 5) is 39.8. The molecule has 0 fully saturated rings. The van der Waals surface area contributed by atoms with Crippen molar-refractivity contribution in [3.63, 3.8) is 0 Å². The predicted octanol–water partition coefficient (Wildman–Crippen LogP) is 7.08. The van der Waals surface area contributed by atoms with E-state index in [2.05, 4.69) is 31.1 Å². The number of nitro groups is 2. The number of phenols is 1. The van der Waals surface area contributed by atoms with Crippen LogP contribution in [0.4, 0.5) is 22.1 Å². The number of fused-ring (bicyclic) bond motifs is 1. The molecule has 3 aromatic rings. The minimum Gasteiger partial charge on any atom is -0.502 e. The number of hydrogen-bond acceptors (Lipinski definition) is 8. The maximum atomic E-state index is 13.5. The summed E-state index contributed by atoms with van der Waals surface area (Å²) in [5.74, 6) is -0.716. The van der Waals surface area contributed by atoms with Crippen LogP contribution in [0, 0.1) is 31.6 Å². The van der Waals surface area contributed by atoms with E-state index in [0.717, 1.165) is 35.6 Å². The molecule has 1 aromatic heterocycles. The molecule has 198 valence electrons. The molecule has 0 saturated carbocycles. The summed E-state index contributed by atoms with van der Waals surface area (Å²) in [5, 5.41) is 36.7. The lowest BCUT2D eigenvalue weighted by molar-refractivity contribution is -0.394. The summed E-state index contributed by atoms with van der Waals surface area (Å²) in [7, 11) is 0. The monoisotopic (exact) mass is 556 g/mol. The van der Waals surface area contributed by atoms with Crippen LogP contribution in [0.25, 0.3) is 0 Å². The van der Waals surface area contributed by atoms with Crippen molar-refractivity contribution in [2.24, 2.45) is 16.3 Å². The third-order valence-corrected chi connectivity index (χ3v) is 8.05. The molecule has 0 radical (unpaired) electrons. The van der Waals surface area contributed by atoms with Crippen LogP contribution >= 0.6 is 22.9 Å². The number of aromatic hydroxyl groups is 1. The van der Waals surface area contributed by atoms with Crippen molar-refractivity contribution in [1.82, 2.24) is 0 Å². The van der Waals surface area contributed by atoms with Crippen LogP contribution in [0.15, 0.2) is 41.4 Å². The highest BCUT2D eigenvalue weighted by Gasteiger charge is 2.34. The summed E-state index contributed by atoms with van der Waals surface area (Å²) in [6.45, 7) is 6.55. The Bertz CT molecular complexity index is 1460. The van der Waals surface area contributed by atoms with Crippen molar-refractivity contribution in [1.29, 1.82) is 0 Å². The molecular weight excluding hydrogens is 532 g/mol. The molecule has 1 aliphatic carbocycles. The maximum Gasteiger partial charge on any atom is 0.318 e. The van der Waals surface area contributed by atoms with Gasteiger partial charge < -0.3 is 10.4 Å². The van der Waals surface area contributed by atoms with Gasteiger partial charge in [0.15, 0.2) is 0 Å². The van der Waals surface area contributed by atoms with Crippen molar-refractivity contribution in [3.05, 3.63) is 83.2 Å². The molecule has 1 aliphatic rings. The van der Waals surface area contributed by atoms with E-state index in [9.17, 15) is 30.1 Å². The van der Waals surface area contributed by atoms with Crippen molar-refractivity contribution in [2.45, 2.75) is 40.0 Å². The molecule has 1 atom stereocenters. The molecule has 2 N–H and O–H groups in total. The molecule has 0 aliphatic heterocycles. The SMILES string of the molecule is CC(C)(C)[C@@H]1CCc2c(sc(N=Cc3cc([N+](=O)[O-])cc([N+](=O)[O-])c3O)c2C(=O)Nc2ccc(Cl)cc2)C1. The first-order valence-electron chi connectivity index (χ1n) is 11.8. The smallest absolute Gasteiger partial charge is 0.318 e. The summed E-state index contributed by atoms with van der Waals surface area (Å²) >= 11 is 7.30. The van der Waals surface area contributed by atoms with E-state index < -0.39 is 27.0 Å². The van der Waals surface area contributed by atoms with Crippen LogP contribution in [0.3, 0.4) is 0 Å². The van der Waals surface area contributed by atoms with Crippen LogP contribution in [-0.2, 0) is 12.8 Å². The minimum atomic E-state index is -0.902. The molecule has 4 rings (SSSR count). The summed E-state index contributed by atoms with van der Waals surface area (Å²) < 4.78 is 0. The first-order chi connectivity index (χ1) is 17.8. The second-order valence-corrected chi connectivity index (χ2v) is 11.6. The molecule has 1 amide bonds. The fraction of sp³-hybridized carbons (Fsp3) is 0.308. The third-order valence-electron chi connectivity index (χ3n) is 6.63. The number of non-ortho nitro benzene ring substituents is 1. The van der Waals surface area contributed by atoms with Crippen molar-refractivity contribution >= 4 is 57.1 Å². The number of rotatable bonds is 6. The number of hydrogen-bond donors (Lipinski definition) is 2. The van der Waals surface area contributed by atoms with Gasteiger partial charge in [0.1, 0.15) is 5.00 Å². The second kappa shape index (κ2) is 10.5. The molecule has 38 heavy (non-hydrogen) atoms. The number of nitro benzene ring substituents is 2.